The fourth-order valence-corrected chi connectivity index (χ4v) is 1.61. The predicted octanol–water partition coefficient (Wildman–Crippen LogP) is 4.89. The van der Waals surface area contributed by atoms with E-state index in [2.05, 4.69) is 15.9 Å². The Labute approximate surface area is 102 Å². The van der Waals surface area contributed by atoms with Crippen molar-refractivity contribution in [3.8, 4) is 11.5 Å². The van der Waals surface area contributed by atoms with Crippen molar-refractivity contribution in [3.63, 3.8) is 0 Å². The summed E-state index contributed by atoms with van der Waals surface area (Å²) in [5.74, 6) is 1.53. The van der Waals surface area contributed by atoms with Gasteiger partial charge in [0, 0.05) is 9.50 Å². The Morgan fingerprint density at radius 1 is 0.933 bits per heavy atom. The first-order valence-corrected chi connectivity index (χ1v) is 5.60. The van der Waals surface area contributed by atoms with Gasteiger partial charge >= 0.3 is 0 Å². The molecule has 0 aliphatic heterocycles. The molecule has 2 aromatic rings. The van der Waals surface area contributed by atoms with Gasteiger partial charge in [0.15, 0.2) is 0 Å². The maximum atomic E-state index is 5.85. The van der Waals surface area contributed by atoms with E-state index in [1.807, 2.05) is 42.5 Å². The van der Waals surface area contributed by atoms with Crippen LogP contribution in [0.3, 0.4) is 0 Å². The zero-order valence-corrected chi connectivity index (χ0v) is 10.1. The minimum atomic E-state index is 0.671. The van der Waals surface area contributed by atoms with Gasteiger partial charge in [-0.25, -0.2) is 0 Å². The monoisotopic (exact) mass is 282 g/mol. The molecule has 0 saturated carbocycles. The van der Waals surface area contributed by atoms with Crippen LogP contribution in [0.25, 0.3) is 0 Å². The maximum absolute atomic E-state index is 5.85. The van der Waals surface area contributed by atoms with Crippen molar-refractivity contribution in [2.45, 2.75) is 0 Å². The third kappa shape index (κ3) is 2.98. The van der Waals surface area contributed by atoms with E-state index in [4.69, 9.17) is 16.3 Å². The highest BCUT2D eigenvalue weighted by molar-refractivity contribution is 9.10. The average molecular weight is 284 g/mol. The molecule has 76 valence electrons. The third-order valence-electron chi connectivity index (χ3n) is 1.85. The van der Waals surface area contributed by atoms with Crippen LogP contribution in [0.2, 0.25) is 5.02 Å². The van der Waals surface area contributed by atoms with E-state index in [1.165, 1.54) is 0 Å². The Morgan fingerprint density at radius 2 is 1.67 bits per heavy atom. The zero-order chi connectivity index (χ0) is 10.7. The van der Waals surface area contributed by atoms with Crippen LogP contribution >= 0.6 is 27.5 Å². The Hall–Kier alpha value is -0.990. The number of benzene rings is 2. The van der Waals surface area contributed by atoms with Gasteiger partial charge in [-0.15, -0.1) is 0 Å². The Kier molecular flexibility index (Phi) is 3.29. The number of ether oxygens (including phenoxy) is 1. The summed E-state index contributed by atoms with van der Waals surface area (Å²) in [6, 6.07) is 15.0. The lowest BCUT2D eigenvalue weighted by atomic mass is 10.3. The maximum Gasteiger partial charge on any atom is 0.128 e. The zero-order valence-electron chi connectivity index (χ0n) is 7.78. The van der Waals surface area contributed by atoms with Crippen LogP contribution in [0.5, 0.6) is 11.5 Å². The highest BCUT2D eigenvalue weighted by atomic mass is 79.9. The summed E-state index contributed by atoms with van der Waals surface area (Å²) in [5, 5.41) is 0.671. The summed E-state index contributed by atoms with van der Waals surface area (Å²) in [7, 11) is 0. The second-order valence-corrected chi connectivity index (χ2v) is 4.37. The lowest BCUT2D eigenvalue weighted by molar-refractivity contribution is 0.482. The highest BCUT2D eigenvalue weighted by Crippen LogP contribution is 2.25. The first-order chi connectivity index (χ1) is 7.24. The third-order valence-corrected chi connectivity index (χ3v) is 2.61. The molecule has 0 saturated heterocycles. The largest absolute Gasteiger partial charge is 0.457 e. The lowest BCUT2D eigenvalue weighted by Gasteiger charge is -2.05. The number of hydrogen-bond acceptors (Lipinski definition) is 1. The standard InChI is InChI=1S/C12H8BrClO/c13-9-4-6-11(7-5-9)15-12-3-1-2-10(14)8-12/h1-8H. The van der Waals surface area contributed by atoms with E-state index in [0.717, 1.165) is 16.0 Å². The SMILES string of the molecule is Clc1cccc(Oc2ccc(Br)cc2)c1. The van der Waals surface area contributed by atoms with Crippen LogP contribution in [0.15, 0.2) is 53.0 Å². The van der Waals surface area contributed by atoms with E-state index in [1.54, 1.807) is 6.07 Å². The fraction of sp³-hybridized carbons (Fsp3) is 0. The molecule has 0 amide bonds. The van der Waals surface area contributed by atoms with E-state index in [9.17, 15) is 0 Å². The van der Waals surface area contributed by atoms with Crippen LogP contribution < -0.4 is 4.74 Å². The molecule has 3 heteroatoms. The van der Waals surface area contributed by atoms with E-state index < -0.39 is 0 Å². The minimum absolute atomic E-state index is 0.671. The highest BCUT2D eigenvalue weighted by Gasteiger charge is 1.97. The smallest absolute Gasteiger partial charge is 0.128 e. The van der Waals surface area contributed by atoms with Crippen molar-refractivity contribution in [1.82, 2.24) is 0 Å². The topological polar surface area (TPSA) is 9.23 Å². The molecule has 2 aromatic carbocycles. The van der Waals surface area contributed by atoms with E-state index >= 15 is 0 Å². The molecule has 1 nitrogen and oxygen atoms in total. The van der Waals surface area contributed by atoms with Crippen molar-refractivity contribution in [2.24, 2.45) is 0 Å². The minimum Gasteiger partial charge on any atom is -0.457 e. The number of rotatable bonds is 2. The van der Waals surface area contributed by atoms with Gasteiger partial charge < -0.3 is 4.74 Å². The van der Waals surface area contributed by atoms with Crippen molar-refractivity contribution < 1.29 is 4.74 Å². The van der Waals surface area contributed by atoms with Crippen LogP contribution in [-0.2, 0) is 0 Å². The molecule has 0 bridgehead atoms. The van der Waals surface area contributed by atoms with Gasteiger partial charge in [-0.2, -0.15) is 0 Å². The van der Waals surface area contributed by atoms with Gasteiger partial charge in [-0.05, 0) is 42.5 Å². The molecule has 0 aromatic heterocycles. The molecule has 0 spiro atoms. The molecular weight excluding hydrogens is 275 g/mol. The van der Waals surface area contributed by atoms with Crippen LogP contribution in [0.1, 0.15) is 0 Å². The Morgan fingerprint density at radius 3 is 2.33 bits per heavy atom. The average Bonchev–Trinajstić information content (AvgIpc) is 2.22. The van der Waals surface area contributed by atoms with Gasteiger partial charge in [-0.3, -0.25) is 0 Å². The van der Waals surface area contributed by atoms with Crippen LogP contribution in [-0.4, -0.2) is 0 Å². The second-order valence-electron chi connectivity index (χ2n) is 3.01. The number of hydrogen-bond donors (Lipinski definition) is 0. The first-order valence-electron chi connectivity index (χ1n) is 4.43. The molecule has 0 radical (unpaired) electrons. The molecule has 0 atom stereocenters. The molecule has 0 N–H and O–H groups in total. The quantitative estimate of drug-likeness (QED) is 0.762. The summed E-state index contributed by atoms with van der Waals surface area (Å²) in [5.41, 5.74) is 0. The van der Waals surface area contributed by atoms with Crippen LogP contribution in [0.4, 0.5) is 0 Å². The summed E-state index contributed by atoms with van der Waals surface area (Å²) in [6.45, 7) is 0. The second kappa shape index (κ2) is 4.69. The Balaban J connectivity index is 2.18. The van der Waals surface area contributed by atoms with E-state index in [-0.39, 0.29) is 0 Å². The molecule has 15 heavy (non-hydrogen) atoms. The molecule has 0 fully saturated rings. The van der Waals surface area contributed by atoms with Gasteiger partial charge in [-0.1, -0.05) is 33.6 Å². The Bertz CT molecular complexity index is 453. The molecule has 0 heterocycles. The normalized spacial score (nSPS) is 10.0. The van der Waals surface area contributed by atoms with E-state index in [0.29, 0.717) is 5.02 Å². The summed E-state index contributed by atoms with van der Waals surface area (Å²) in [6.07, 6.45) is 0. The van der Waals surface area contributed by atoms with Crippen molar-refractivity contribution in [3.05, 3.63) is 58.0 Å². The van der Waals surface area contributed by atoms with Gasteiger partial charge in [0.1, 0.15) is 11.5 Å². The lowest BCUT2D eigenvalue weighted by Crippen LogP contribution is -1.82. The first kappa shape index (κ1) is 10.5. The fourth-order valence-electron chi connectivity index (χ4n) is 1.17. The van der Waals surface area contributed by atoms with Gasteiger partial charge in [0.05, 0.1) is 0 Å². The molecule has 2 rings (SSSR count). The van der Waals surface area contributed by atoms with Crippen molar-refractivity contribution in [1.29, 1.82) is 0 Å². The van der Waals surface area contributed by atoms with Crippen LogP contribution in [0, 0.1) is 0 Å². The molecule has 0 aliphatic carbocycles. The molecule has 0 aliphatic rings. The molecular formula is C12H8BrClO. The summed E-state index contributed by atoms with van der Waals surface area (Å²) < 4.78 is 6.64. The predicted molar refractivity (Wildman–Crippen MR) is 65.7 cm³/mol. The number of halogens is 2. The summed E-state index contributed by atoms with van der Waals surface area (Å²) in [4.78, 5) is 0. The van der Waals surface area contributed by atoms with Gasteiger partial charge in [0.2, 0.25) is 0 Å². The van der Waals surface area contributed by atoms with Crippen molar-refractivity contribution in [2.75, 3.05) is 0 Å². The summed E-state index contributed by atoms with van der Waals surface area (Å²) >= 11 is 9.21. The molecule has 0 unspecified atom stereocenters. The van der Waals surface area contributed by atoms with Gasteiger partial charge in [0.25, 0.3) is 0 Å². The van der Waals surface area contributed by atoms with Crippen molar-refractivity contribution >= 4 is 27.5 Å².